The summed E-state index contributed by atoms with van der Waals surface area (Å²) in [7, 11) is 0. The summed E-state index contributed by atoms with van der Waals surface area (Å²) in [5.41, 5.74) is 1.46. The molecule has 0 radical (unpaired) electrons. The third-order valence-corrected chi connectivity index (χ3v) is 19.3. The Bertz CT molecular complexity index is 2550. The van der Waals surface area contributed by atoms with Crippen molar-refractivity contribution in [1.29, 1.82) is 0 Å². The van der Waals surface area contributed by atoms with Crippen molar-refractivity contribution < 1.29 is 38.1 Å². The molecule has 6 rings (SSSR count). The number of carbonyl (C=O) groups is 4. The third-order valence-electron chi connectivity index (χ3n) is 17.1. The molecule has 0 saturated carbocycles. The van der Waals surface area contributed by atoms with Crippen LogP contribution in [0.4, 0.5) is 0 Å². The van der Waals surface area contributed by atoms with E-state index in [4.69, 9.17) is 18.9 Å². The molecule has 0 amide bonds. The van der Waals surface area contributed by atoms with Gasteiger partial charge in [-0.2, -0.15) is 0 Å². The van der Waals surface area contributed by atoms with Crippen molar-refractivity contribution in [2.24, 2.45) is 0 Å². The number of ether oxygens (including phenoxy) is 4. The molecule has 0 fully saturated rings. The van der Waals surface area contributed by atoms with Gasteiger partial charge in [-0.05, 0) is 0 Å². The van der Waals surface area contributed by atoms with Gasteiger partial charge in [0.1, 0.15) is 0 Å². The van der Waals surface area contributed by atoms with Gasteiger partial charge in [-0.25, -0.2) is 0 Å². The van der Waals surface area contributed by atoms with Gasteiger partial charge in [0.25, 0.3) is 0 Å². The van der Waals surface area contributed by atoms with Crippen LogP contribution in [-0.2, 0) is 18.9 Å². The zero-order valence-electron chi connectivity index (χ0n) is 51.3. The summed E-state index contributed by atoms with van der Waals surface area (Å²) in [5.74, 6) is -1.76. The van der Waals surface area contributed by atoms with Gasteiger partial charge in [0.15, 0.2) is 0 Å². The van der Waals surface area contributed by atoms with E-state index in [9.17, 15) is 19.2 Å². The van der Waals surface area contributed by atoms with E-state index in [1.54, 1.807) is 12.1 Å². The van der Waals surface area contributed by atoms with E-state index in [1.807, 2.05) is 24.3 Å². The Labute approximate surface area is 495 Å². The van der Waals surface area contributed by atoms with E-state index in [0.29, 0.717) is 59.5 Å². The van der Waals surface area contributed by atoms with Gasteiger partial charge in [0, 0.05) is 0 Å². The second-order valence-electron chi connectivity index (χ2n) is 23.8. The van der Waals surface area contributed by atoms with Gasteiger partial charge in [-0.1, -0.05) is 156 Å². The number of carbonyl (C=O) groups excluding carboxylic acids is 4. The fourth-order valence-corrected chi connectivity index (χ4v) is 14.8. The first kappa shape index (κ1) is 65.9. The Morgan fingerprint density at radius 2 is 0.494 bits per heavy atom. The zero-order chi connectivity index (χ0) is 57.3. The summed E-state index contributed by atoms with van der Waals surface area (Å²) >= 11 is -0.318. The number of hydrogen-bond acceptors (Lipinski definition) is 8. The molecule has 0 unspecified atom stereocenters. The molecule has 0 aliphatic carbocycles. The Kier molecular flexibility index (Phi) is 31.4. The van der Waals surface area contributed by atoms with Crippen LogP contribution in [0.3, 0.4) is 0 Å². The molecule has 81 heavy (non-hydrogen) atoms. The Morgan fingerprint density at radius 1 is 0.272 bits per heavy atom. The molecule has 0 aliphatic heterocycles. The number of fused-ring (bicyclic) bond motifs is 1. The SMILES string of the molecule is CCCCCCCCCCCCOC(=O)c1ccc2c3ccc(C(=O)OCCCCCCCCCCCC)c4c(C(=O)OCCCCCCCCCCCC)cc5[se]c6cc(C(=O)OCCCCCCCCCCCC)c1c2c6c5c43. The van der Waals surface area contributed by atoms with Crippen molar-refractivity contribution in [3.8, 4) is 0 Å². The molecular weight excluding hydrogens is 1070 g/mol. The average molecular weight is 1180 g/mol. The summed E-state index contributed by atoms with van der Waals surface area (Å²) in [5, 5.41) is 6.37. The van der Waals surface area contributed by atoms with E-state index in [-0.39, 0.29) is 14.5 Å². The van der Waals surface area contributed by atoms with Crippen molar-refractivity contribution in [3.05, 3.63) is 58.7 Å². The van der Waals surface area contributed by atoms with Crippen molar-refractivity contribution >= 4 is 90.0 Å². The molecule has 5 aromatic carbocycles. The van der Waals surface area contributed by atoms with Gasteiger partial charge in [-0.15, -0.1) is 0 Å². The van der Waals surface area contributed by atoms with Crippen molar-refractivity contribution in [3.63, 3.8) is 0 Å². The molecule has 0 atom stereocenters. The molecule has 1 heterocycles. The van der Waals surface area contributed by atoms with Crippen molar-refractivity contribution in [1.82, 2.24) is 0 Å². The maximum atomic E-state index is 14.6. The van der Waals surface area contributed by atoms with Crippen LogP contribution in [0.25, 0.3) is 51.6 Å². The normalized spacial score (nSPS) is 11.9. The summed E-state index contributed by atoms with van der Waals surface area (Å²) in [6, 6.07) is 11.5. The van der Waals surface area contributed by atoms with Gasteiger partial charge < -0.3 is 0 Å². The van der Waals surface area contributed by atoms with Crippen LogP contribution in [-0.4, -0.2) is 64.8 Å². The minimum atomic E-state index is -0.443. The van der Waals surface area contributed by atoms with Gasteiger partial charge >= 0.3 is 342 Å². The van der Waals surface area contributed by atoms with E-state index in [2.05, 4.69) is 27.7 Å². The topological polar surface area (TPSA) is 105 Å². The summed E-state index contributed by atoms with van der Waals surface area (Å²) in [6.45, 7) is 10.3. The second kappa shape index (κ2) is 38.6. The number of unbranched alkanes of at least 4 members (excludes halogenated alkanes) is 36. The molecular formula is C72H106O8Se. The number of hydrogen-bond donors (Lipinski definition) is 0. The first-order valence-electron chi connectivity index (χ1n) is 33.5. The molecule has 1 aromatic heterocycles. The molecule has 9 heteroatoms. The maximum absolute atomic E-state index is 14.6. The molecule has 8 nitrogen and oxygen atoms in total. The summed E-state index contributed by atoms with van der Waals surface area (Å²) in [6.07, 6.45) is 47.4. The van der Waals surface area contributed by atoms with Crippen LogP contribution in [0.1, 0.15) is 326 Å². The Hall–Kier alpha value is -4.20. The van der Waals surface area contributed by atoms with Crippen LogP contribution in [0, 0.1) is 0 Å². The molecule has 0 spiro atoms. The fraction of sp³-hybridized carbons (Fsp3) is 0.667. The average Bonchev–Trinajstić information content (AvgIpc) is 4.10. The first-order valence-corrected chi connectivity index (χ1v) is 35.2. The van der Waals surface area contributed by atoms with Crippen LogP contribution in [0.2, 0.25) is 0 Å². The van der Waals surface area contributed by atoms with E-state index in [0.717, 1.165) is 118 Å². The zero-order valence-corrected chi connectivity index (χ0v) is 53.0. The molecule has 0 aliphatic rings. The fourth-order valence-electron chi connectivity index (χ4n) is 12.3. The number of esters is 4. The van der Waals surface area contributed by atoms with Gasteiger partial charge in [0.05, 0.1) is 0 Å². The molecule has 0 saturated heterocycles. The third kappa shape index (κ3) is 20.5. The Morgan fingerprint density at radius 3 is 0.741 bits per heavy atom. The quantitative estimate of drug-likeness (QED) is 0.00929. The molecule has 0 N–H and O–H groups in total. The van der Waals surface area contributed by atoms with Gasteiger partial charge in [0.2, 0.25) is 0 Å². The predicted molar refractivity (Wildman–Crippen MR) is 342 cm³/mol. The van der Waals surface area contributed by atoms with Crippen LogP contribution in [0.5, 0.6) is 0 Å². The van der Waals surface area contributed by atoms with Crippen LogP contribution < -0.4 is 0 Å². The molecule has 6 aromatic rings. The molecule has 0 bridgehead atoms. The van der Waals surface area contributed by atoms with Crippen LogP contribution >= 0.6 is 0 Å². The van der Waals surface area contributed by atoms with Gasteiger partial charge in [-0.3, -0.25) is 0 Å². The summed E-state index contributed by atoms with van der Waals surface area (Å²) < 4.78 is 26.4. The van der Waals surface area contributed by atoms with E-state index in [1.165, 1.54) is 180 Å². The number of rotatable bonds is 48. The second-order valence-corrected chi connectivity index (χ2v) is 26.1. The van der Waals surface area contributed by atoms with Crippen molar-refractivity contribution in [2.45, 2.75) is 285 Å². The standard InChI is InChI=1S/C72H106O8Se/c1-5-9-13-17-21-25-29-33-37-41-49-77-69(73)57-47-45-55-56-46-48-58(70(74)78-50-42-38-34-30-26-22-18-14-10-6-2)64-60(72(76)80-52-44-40-36-32-28-24-20-16-12-8-4)54-62-68(66(56)64)67-61(81-62)53-59(63(57)65(55)67)71(75)79-51-43-39-35-31-27-23-19-15-11-7-3/h45-48,53-54H,5-44,49-52H2,1-4H3. The monoisotopic (exact) mass is 1180 g/mol. The first-order chi connectivity index (χ1) is 39.9. The van der Waals surface area contributed by atoms with Crippen molar-refractivity contribution in [2.75, 3.05) is 26.4 Å². The molecule has 448 valence electrons. The Balaban J connectivity index is 1.28. The van der Waals surface area contributed by atoms with Crippen LogP contribution in [0.15, 0.2) is 36.4 Å². The van der Waals surface area contributed by atoms with E-state index < -0.39 is 23.9 Å². The minimum absolute atomic E-state index is 0.309. The number of benzene rings is 5. The summed E-state index contributed by atoms with van der Waals surface area (Å²) in [4.78, 5) is 58.0. The predicted octanol–water partition coefficient (Wildman–Crippen LogP) is 21.7. The van der Waals surface area contributed by atoms with E-state index >= 15 is 0 Å².